The fourth-order valence-corrected chi connectivity index (χ4v) is 2.21. The molecule has 2 rings (SSSR count). The lowest BCUT2D eigenvalue weighted by molar-refractivity contribution is 0.0937. The van der Waals surface area contributed by atoms with E-state index in [1.54, 1.807) is 25.4 Å². The molecule has 1 heterocycles. The van der Waals surface area contributed by atoms with Crippen LogP contribution in [-0.4, -0.2) is 31.2 Å². The van der Waals surface area contributed by atoms with E-state index >= 15 is 0 Å². The lowest BCUT2D eigenvalue weighted by Gasteiger charge is -2.09. The third-order valence-corrected chi connectivity index (χ3v) is 3.91. The molecule has 116 valence electrons. The van der Waals surface area contributed by atoms with Gasteiger partial charge in [0.15, 0.2) is 0 Å². The number of carbonyl (C=O) groups is 1. The fraction of sp³-hybridized carbons (Fsp3) is 0.250. The average molecular weight is 364 g/mol. The van der Waals surface area contributed by atoms with E-state index in [1.807, 2.05) is 25.1 Å². The summed E-state index contributed by atoms with van der Waals surface area (Å²) in [6, 6.07) is 9.34. The van der Waals surface area contributed by atoms with Gasteiger partial charge in [-0.15, -0.1) is 0 Å². The number of methoxy groups -OCH3 is 1. The SMILES string of the molecule is COCCNC(=O)c1ccnc(Nc2ccc(C)c(Br)c2)c1. The van der Waals surface area contributed by atoms with Crippen LogP contribution in [0.1, 0.15) is 15.9 Å². The summed E-state index contributed by atoms with van der Waals surface area (Å²) in [5, 5.41) is 5.97. The van der Waals surface area contributed by atoms with Crippen LogP contribution in [0.15, 0.2) is 41.0 Å². The van der Waals surface area contributed by atoms with Gasteiger partial charge < -0.3 is 15.4 Å². The summed E-state index contributed by atoms with van der Waals surface area (Å²) in [6.45, 7) is 2.99. The Kier molecular flexibility index (Phi) is 5.91. The van der Waals surface area contributed by atoms with E-state index in [1.165, 1.54) is 0 Å². The summed E-state index contributed by atoms with van der Waals surface area (Å²) >= 11 is 3.50. The van der Waals surface area contributed by atoms with Gasteiger partial charge in [0.2, 0.25) is 0 Å². The van der Waals surface area contributed by atoms with Crippen LogP contribution in [0, 0.1) is 6.92 Å². The summed E-state index contributed by atoms with van der Waals surface area (Å²) in [5.74, 6) is 0.475. The number of pyridine rings is 1. The highest BCUT2D eigenvalue weighted by Crippen LogP contribution is 2.23. The number of nitrogens with one attached hydrogen (secondary N) is 2. The molecular weight excluding hydrogens is 346 g/mol. The lowest BCUT2D eigenvalue weighted by Crippen LogP contribution is -2.26. The van der Waals surface area contributed by atoms with Gasteiger partial charge in [0.25, 0.3) is 5.91 Å². The number of rotatable bonds is 6. The zero-order valence-electron chi connectivity index (χ0n) is 12.5. The van der Waals surface area contributed by atoms with Gasteiger partial charge in [0, 0.05) is 35.6 Å². The second-order valence-corrected chi connectivity index (χ2v) is 5.62. The van der Waals surface area contributed by atoms with E-state index in [4.69, 9.17) is 4.74 Å². The first kappa shape index (κ1) is 16.5. The second kappa shape index (κ2) is 7.91. The molecule has 6 heteroatoms. The molecule has 0 atom stereocenters. The van der Waals surface area contributed by atoms with Crippen molar-refractivity contribution < 1.29 is 9.53 Å². The summed E-state index contributed by atoms with van der Waals surface area (Å²) in [6.07, 6.45) is 1.61. The first-order valence-electron chi connectivity index (χ1n) is 6.86. The van der Waals surface area contributed by atoms with Crippen molar-refractivity contribution in [1.82, 2.24) is 10.3 Å². The van der Waals surface area contributed by atoms with Crippen molar-refractivity contribution in [1.29, 1.82) is 0 Å². The fourth-order valence-electron chi connectivity index (χ4n) is 1.83. The topological polar surface area (TPSA) is 63.2 Å². The van der Waals surface area contributed by atoms with Crippen molar-refractivity contribution in [2.75, 3.05) is 25.6 Å². The molecule has 0 bridgehead atoms. The van der Waals surface area contributed by atoms with E-state index in [0.29, 0.717) is 24.5 Å². The van der Waals surface area contributed by atoms with Crippen LogP contribution in [0.5, 0.6) is 0 Å². The van der Waals surface area contributed by atoms with Gasteiger partial charge in [-0.25, -0.2) is 4.98 Å². The monoisotopic (exact) mass is 363 g/mol. The highest BCUT2D eigenvalue weighted by atomic mass is 79.9. The van der Waals surface area contributed by atoms with Crippen molar-refractivity contribution in [2.24, 2.45) is 0 Å². The zero-order chi connectivity index (χ0) is 15.9. The molecule has 1 aromatic heterocycles. The third-order valence-electron chi connectivity index (χ3n) is 3.06. The number of anilines is 2. The van der Waals surface area contributed by atoms with Crippen LogP contribution >= 0.6 is 15.9 Å². The molecule has 0 saturated carbocycles. The molecule has 0 fully saturated rings. The Morgan fingerprint density at radius 2 is 2.14 bits per heavy atom. The maximum Gasteiger partial charge on any atom is 0.251 e. The molecule has 0 spiro atoms. The number of aryl methyl sites for hydroxylation is 1. The molecular formula is C16H18BrN3O2. The molecule has 0 aliphatic rings. The Bertz CT molecular complexity index is 662. The van der Waals surface area contributed by atoms with Gasteiger partial charge in [-0.3, -0.25) is 4.79 Å². The largest absolute Gasteiger partial charge is 0.383 e. The van der Waals surface area contributed by atoms with E-state index in [0.717, 1.165) is 15.7 Å². The summed E-state index contributed by atoms with van der Waals surface area (Å²) in [5.41, 5.74) is 2.62. The maximum absolute atomic E-state index is 12.0. The molecule has 1 amide bonds. The Morgan fingerprint density at radius 1 is 1.32 bits per heavy atom. The first-order chi connectivity index (χ1) is 10.6. The number of benzene rings is 1. The number of carbonyl (C=O) groups excluding carboxylic acids is 1. The Balaban J connectivity index is 2.07. The standard InChI is InChI=1S/C16H18BrN3O2/c1-11-3-4-13(10-14(11)17)20-15-9-12(5-6-18-15)16(21)19-7-8-22-2/h3-6,9-10H,7-8H2,1-2H3,(H,18,20)(H,19,21). The van der Waals surface area contributed by atoms with Gasteiger partial charge >= 0.3 is 0 Å². The minimum Gasteiger partial charge on any atom is -0.383 e. The van der Waals surface area contributed by atoms with Gasteiger partial charge in [-0.1, -0.05) is 22.0 Å². The Morgan fingerprint density at radius 3 is 2.86 bits per heavy atom. The highest BCUT2D eigenvalue weighted by Gasteiger charge is 2.07. The van der Waals surface area contributed by atoms with E-state index in [2.05, 4.69) is 31.5 Å². The van der Waals surface area contributed by atoms with Crippen LogP contribution < -0.4 is 10.6 Å². The lowest BCUT2D eigenvalue weighted by atomic mass is 10.2. The predicted octanol–water partition coefficient (Wildman–Crippen LogP) is 3.27. The molecule has 0 unspecified atom stereocenters. The van der Waals surface area contributed by atoms with Crippen molar-refractivity contribution in [3.8, 4) is 0 Å². The molecule has 0 aliphatic heterocycles. The van der Waals surface area contributed by atoms with Crippen LogP contribution in [0.3, 0.4) is 0 Å². The minimum absolute atomic E-state index is 0.146. The number of ether oxygens (including phenoxy) is 1. The van der Waals surface area contributed by atoms with Gasteiger partial charge in [0.05, 0.1) is 6.61 Å². The van der Waals surface area contributed by atoms with Gasteiger partial charge in [0.1, 0.15) is 5.82 Å². The first-order valence-corrected chi connectivity index (χ1v) is 7.66. The van der Waals surface area contributed by atoms with Crippen LogP contribution in [-0.2, 0) is 4.74 Å². The van der Waals surface area contributed by atoms with Gasteiger partial charge in [-0.2, -0.15) is 0 Å². The molecule has 2 N–H and O–H groups in total. The number of hydrogen-bond acceptors (Lipinski definition) is 4. The second-order valence-electron chi connectivity index (χ2n) is 4.77. The zero-order valence-corrected chi connectivity index (χ0v) is 14.1. The van der Waals surface area contributed by atoms with Crippen molar-refractivity contribution >= 4 is 33.3 Å². The number of hydrogen-bond donors (Lipinski definition) is 2. The molecule has 0 radical (unpaired) electrons. The van der Waals surface area contributed by atoms with Crippen molar-refractivity contribution in [3.05, 3.63) is 52.1 Å². The molecule has 1 aromatic carbocycles. The molecule has 5 nitrogen and oxygen atoms in total. The van der Waals surface area contributed by atoms with Gasteiger partial charge in [-0.05, 0) is 36.8 Å². The minimum atomic E-state index is -0.146. The maximum atomic E-state index is 12.0. The number of aromatic nitrogens is 1. The molecule has 0 aliphatic carbocycles. The molecule has 0 saturated heterocycles. The van der Waals surface area contributed by atoms with Crippen LogP contribution in [0.4, 0.5) is 11.5 Å². The highest BCUT2D eigenvalue weighted by molar-refractivity contribution is 9.10. The predicted molar refractivity (Wildman–Crippen MR) is 90.6 cm³/mol. The van der Waals surface area contributed by atoms with E-state index in [9.17, 15) is 4.79 Å². The Labute approximate surface area is 138 Å². The molecule has 22 heavy (non-hydrogen) atoms. The van der Waals surface area contributed by atoms with E-state index < -0.39 is 0 Å². The summed E-state index contributed by atoms with van der Waals surface area (Å²) in [4.78, 5) is 16.2. The third kappa shape index (κ3) is 4.54. The van der Waals surface area contributed by atoms with Crippen LogP contribution in [0.25, 0.3) is 0 Å². The average Bonchev–Trinajstić information content (AvgIpc) is 2.51. The van der Waals surface area contributed by atoms with Crippen molar-refractivity contribution in [3.63, 3.8) is 0 Å². The summed E-state index contributed by atoms with van der Waals surface area (Å²) < 4.78 is 5.93. The van der Waals surface area contributed by atoms with E-state index in [-0.39, 0.29) is 5.91 Å². The quantitative estimate of drug-likeness (QED) is 0.773. The smallest absolute Gasteiger partial charge is 0.251 e. The number of amides is 1. The normalized spacial score (nSPS) is 10.3. The van der Waals surface area contributed by atoms with Crippen LogP contribution in [0.2, 0.25) is 0 Å². The number of nitrogens with zero attached hydrogens (tertiary/aromatic N) is 1. The molecule has 2 aromatic rings. The van der Waals surface area contributed by atoms with Crippen molar-refractivity contribution in [2.45, 2.75) is 6.92 Å². The Hall–Kier alpha value is -1.92. The number of halogens is 1. The summed E-state index contributed by atoms with van der Waals surface area (Å²) in [7, 11) is 1.60.